The quantitative estimate of drug-likeness (QED) is 0.736. The summed E-state index contributed by atoms with van der Waals surface area (Å²) in [7, 11) is 0. The van der Waals surface area contributed by atoms with Crippen molar-refractivity contribution < 1.29 is 19.1 Å². The maximum atomic E-state index is 12.7. The zero-order valence-electron chi connectivity index (χ0n) is 15.0. The zero-order valence-corrected chi connectivity index (χ0v) is 15.0. The fourth-order valence-electron chi connectivity index (χ4n) is 3.22. The van der Waals surface area contributed by atoms with Crippen molar-refractivity contribution in [2.75, 3.05) is 6.61 Å². The molecular formula is C22H19NO4. The Hall–Kier alpha value is -3.39. The van der Waals surface area contributed by atoms with Crippen molar-refractivity contribution in [1.29, 1.82) is 5.26 Å². The molecule has 0 fully saturated rings. The van der Waals surface area contributed by atoms with E-state index in [1.807, 2.05) is 42.5 Å². The molecule has 0 heterocycles. The number of hydrogen-bond donors (Lipinski definition) is 0. The van der Waals surface area contributed by atoms with Gasteiger partial charge >= 0.3 is 11.9 Å². The smallest absolute Gasteiger partial charge is 0.335 e. The lowest BCUT2D eigenvalue weighted by molar-refractivity contribution is -0.147. The lowest BCUT2D eigenvalue weighted by atomic mass is 9.77. The molecule has 1 atom stereocenters. The normalized spacial score (nSPS) is 17.4. The van der Waals surface area contributed by atoms with Crippen LogP contribution in [0.1, 0.15) is 30.0 Å². The molecule has 0 saturated heterocycles. The monoisotopic (exact) mass is 361 g/mol. The van der Waals surface area contributed by atoms with Gasteiger partial charge in [0.25, 0.3) is 0 Å². The van der Waals surface area contributed by atoms with Crippen LogP contribution in [0.15, 0.2) is 60.2 Å². The average molecular weight is 361 g/mol. The molecule has 1 aliphatic carbocycles. The first-order valence-corrected chi connectivity index (χ1v) is 8.70. The highest BCUT2D eigenvalue weighted by Gasteiger charge is 2.50. The van der Waals surface area contributed by atoms with Crippen LogP contribution in [0.5, 0.6) is 0 Å². The van der Waals surface area contributed by atoms with E-state index in [-0.39, 0.29) is 19.6 Å². The molecule has 0 aliphatic heterocycles. The second-order valence-electron chi connectivity index (χ2n) is 6.16. The van der Waals surface area contributed by atoms with Crippen molar-refractivity contribution in [2.45, 2.75) is 25.4 Å². The van der Waals surface area contributed by atoms with E-state index < -0.39 is 17.4 Å². The molecule has 0 aromatic heterocycles. The van der Waals surface area contributed by atoms with Crippen LogP contribution >= 0.6 is 0 Å². The maximum absolute atomic E-state index is 12.7. The molecule has 0 radical (unpaired) electrons. The van der Waals surface area contributed by atoms with E-state index in [0.29, 0.717) is 11.1 Å². The molecular weight excluding hydrogens is 342 g/mol. The highest BCUT2D eigenvalue weighted by Crippen LogP contribution is 2.44. The minimum Gasteiger partial charge on any atom is -0.464 e. The largest absolute Gasteiger partial charge is 0.464 e. The second-order valence-corrected chi connectivity index (χ2v) is 6.16. The molecule has 5 nitrogen and oxygen atoms in total. The van der Waals surface area contributed by atoms with E-state index in [1.165, 1.54) is 0 Å². The number of benzene rings is 2. The minimum absolute atomic E-state index is 0.138. The Morgan fingerprint density at radius 2 is 1.74 bits per heavy atom. The van der Waals surface area contributed by atoms with Gasteiger partial charge in [0.15, 0.2) is 0 Å². The SMILES string of the molecule is CCOC(=O)C1(C#N)C(CC(=O)OCc2ccccc2)=Cc2ccccc21. The predicted octanol–water partition coefficient (Wildman–Crippen LogP) is 3.54. The third-order valence-electron chi connectivity index (χ3n) is 4.50. The summed E-state index contributed by atoms with van der Waals surface area (Å²) < 4.78 is 10.5. The molecule has 3 rings (SSSR count). The molecule has 2 aromatic rings. The molecule has 0 N–H and O–H groups in total. The van der Waals surface area contributed by atoms with Gasteiger partial charge in [-0.25, -0.2) is 4.79 Å². The molecule has 5 heteroatoms. The number of carbonyl (C=O) groups is 2. The van der Waals surface area contributed by atoms with Gasteiger partial charge in [0.1, 0.15) is 6.61 Å². The summed E-state index contributed by atoms with van der Waals surface area (Å²) in [6.45, 7) is 1.97. The van der Waals surface area contributed by atoms with E-state index in [9.17, 15) is 14.9 Å². The van der Waals surface area contributed by atoms with Crippen LogP contribution in [0, 0.1) is 11.3 Å². The summed E-state index contributed by atoms with van der Waals surface area (Å²) in [5, 5.41) is 9.91. The van der Waals surface area contributed by atoms with Crippen molar-refractivity contribution in [1.82, 2.24) is 0 Å². The first kappa shape index (κ1) is 18.4. The number of hydrogen-bond acceptors (Lipinski definition) is 5. The van der Waals surface area contributed by atoms with Gasteiger partial charge in [-0.05, 0) is 29.2 Å². The number of nitriles is 1. The van der Waals surface area contributed by atoms with Crippen LogP contribution in [0.2, 0.25) is 0 Å². The van der Waals surface area contributed by atoms with Crippen LogP contribution in [0.3, 0.4) is 0 Å². The number of esters is 2. The molecule has 0 amide bonds. The highest BCUT2D eigenvalue weighted by atomic mass is 16.5. The summed E-state index contributed by atoms with van der Waals surface area (Å²) in [6.07, 6.45) is 1.55. The lowest BCUT2D eigenvalue weighted by Crippen LogP contribution is -2.37. The number of carbonyl (C=O) groups excluding carboxylic acids is 2. The summed E-state index contributed by atoms with van der Waals surface area (Å²) >= 11 is 0. The first-order valence-electron chi connectivity index (χ1n) is 8.70. The van der Waals surface area contributed by atoms with Crippen LogP contribution in [-0.2, 0) is 31.1 Å². The van der Waals surface area contributed by atoms with Crippen LogP contribution < -0.4 is 0 Å². The average Bonchev–Trinajstić information content (AvgIpc) is 3.01. The Kier molecular flexibility index (Phi) is 5.37. The van der Waals surface area contributed by atoms with Gasteiger partial charge in [-0.15, -0.1) is 0 Å². The van der Waals surface area contributed by atoms with Crippen molar-refractivity contribution in [3.63, 3.8) is 0 Å². The number of ether oxygens (including phenoxy) is 2. The molecule has 1 unspecified atom stereocenters. The summed E-state index contributed by atoms with van der Waals surface area (Å²) in [4.78, 5) is 25.1. The Morgan fingerprint density at radius 1 is 1.04 bits per heavy atom. The Bertz CT molecular complexity index is 927. The Balaban J connectivity index is 1.83. The van der Waals surface area contributed by atoms with Crippen molar-refractivity contribution >= 4 is 18.0 Å². The maximum Gasteiger partial charge on any atom is 0.335 e. The summed E-state index contributed by atoms with van der Waals surface area (Å²) in [5.41, 5.74) is 0.905. The molecule has 1 aliphatic rings. The Labute approximate surface area is 157 Å². The zero-order chi connectivity index (χ0) is 19.3. The molecule has 0 spiro atoms. The summed E-state index contributed by atoms with van der Waals surface area (Å²) in [5.74, 6) is -1.17. The topological polar surface area (TPSA) is 76.4 Å². The predicted molar refractivity (Wildman–Crippen MR) is 99.2 cm³/mol. The molecule has 2 aromatic carbocycles. The Morgan fingerprint density at radius 3 is 2.44 bits per heavy atom. The van der Waals surface area contributed by atoms with Gasteiger partial charge in [0.2, 0.25) is 5.41 Å². The van der Waals surface area contributed by atoms with Gasteiger partial charge in [-0.1, -0.05) is 60.7 Å². The van der Waals surface area contributed by atoms with Gasteiger partial charge in [-0.3, -0.25) is 4.79 Å². The van der Waals surface area contributed by atoms with E-state index in [1.54, 1.807) is 25.1 Å². The van der Waals surface area contributed by atoms with Crippen molar-refractivity contribution in [3.8, 4) is 6.07 Å². The fourth-order valence-corrected chi connectivity index (χ4v) is 3.22. The van der Waals surface area contributed by atoms with E-state index in [2.05, 4.69) is 6.07 Å². The molecule has 27 heavy (non-hydrogen) atoms. The van der Waals surface area contributed by atoms with Crippen LogP contribution in [0.4, 0.5) is 0 Å². The minimum atomic E-state index is -1.61. The van der Waals surface area contributed by atoms with Crippen LogP contribution in [-0.4, -0.2) is 18.5 Å². The third kappa shape index (κ3) is 3.47. The van der Waals surface area contributed by atoms with E-state index >= 15 is 0 Å². The van der Waals surface area contributed by atoms with Gasteiger partial charge < -0.3 is 9.47 Å². The van der Waals surface area contributed by atoms with Gasteiger partial charge in [-0.2, -0.15) is 5.26 Å². The first-order chi connectivity index (χ1) is 13.1. The van der Waals surface area contributed by atoms with Gasteiger partial charge in [0, 0.05) is 0 Å². The second kappa shape index (κ2) is 7.88. The standard InChI is InChI=1S/C22H19NO4/c1-2-26-21(25)22(15-23)18(12-17-10-6-7-11-19(17)22)13-20(24)27-14-16-8-4-3-5-9-16/h3-12H,2,13-14H2,1H3. The molecule has 136 valence electrons. The lowest BCUT2D eigenvalue weighted by Gasteiger charge is -2.24. The van der Waals surface area contributed by atoms with Crippen molar-refractivity contribution in [3.05, 3.63) is 76.9 Å². The van der Waals surface area contributed by atoms with Gasteiger partial charge in [0.05, 0.1) is 19.1 Å². The summed E-state index contributed by atoms with van der Waals surface area (Å²) in [6, 6.07) is 18.5. The number of nitrogens with zero attached hydrogens (tertiary/aromatic N) is 1. The van der Waals surface area contributed by atoms with Crippen LogP contribution in [0.25, 0.3) is 6.08 Å². The van der Waals surface area contributed by atoms with E-state index in [0.717, 1.165) is 11.1 Å². The highest BCUT2D eigenvalue weighted by molar-refractivity contribution is 5.99. The van der Waals surface area contributed by atoms with Crippen molar-refractivity contribution in [2.24, 2.45) is 0 Å². The molecule has 0 bridgehead atoms. The number of fused-ring (bicyclic) bond motifs is 1. The fraction of sp³-hybridized carbons (Fsp3) is 0.227. The third-order valence-corrected chi connectivity index (χ3v) is 4.50. The number of rotatable bonds is 6. The molecule has 0 saturated carbocycles. The van der Waals surface area contributed by atoms with E-state index in [4.69, 9.17) is 9.47 Å².